The van der Waals surface area contributed by atoms with Crippen LogP contribution in [0.25, 0.3) is 0 Å². The van der Waals surface area contributed by atoms with Gasteiger partial charge in [-0.15, -0.1) is 0 Å². The Bertz CT molecular complexity index is 567. The molecule has 0 spiro atoms. The minimum atomic E-state index is 0.227. The Kier molecular flexibility index (Phi) is 6.17. The van der Waals surface area contributed by atoms with Crippen molar-refractivity contribution in [2.75, 3.05) is 0 Å². The lowest BCUT2D eigenvalue weighted by Gasteiger charge is -2.08. The monoisotopic (exact) mass is 540 g/mol. The van der Waals surface area contributed by atoms with Crippen LogP contribution in [0, 0.1) is 0 Å². The van der Waals surface area contributed by atoms with Crippen LogP contribution in [0.1, 0.15) is 17.5 Å². The molecule has 0 aliphatic rings. The van der Waals surface area contributed by atoms with Gasteiger partial charge in [-0.3, -0.25) is 0 Å². The fraction of sp³-hybridized carbons (Fsp3) is 0.200. The second-order valence-electron chi connectivity index (χ2n) is 4.67. The molecule has 2 nitrogen and oxygen atoms in total. The molecule has 0 aromatic heterocycles. The van der Waals surface area contributed by atoms with E-state index in [1.807, 2.05) is 24.3 Å². The van der Waals surface area contributed by atoms with Crippen molar-refractivity contribution in [2.45, 2.75) is 19.3 Å². The fourth-order valence-electron chi connectivity index (χ4n) is 2.02. The van der Waals surface area contributed by atoms with Crippen molar-refractivity contribution in [3.63, 3.8) is 0 Å². The Morgan fingerprint density at radius 3 is 1.19 bits per heavy atom. The molecule has 0 saturated carbocycles. The van der Waals surface area contributed by atoms with Crippen LogP contribution in [-0.2, 0) is 12.8 Å². The van der Waals surface area contributed by atoms with Gasteiger partial charge in [0.15, 0.2) is 0 Å². The van der Waals surface area contributed by atoms with E-state index in [0.717, 1.165) is 30.4 Å². The average Bonchev–Trinajstić information content (AvgIpc) is 2.42. The first-order valence-electron chi connectivity index (χ1n) is 6.22. The lowest BCUT2D eigenvalue weighted by atomic mass is 10.0. The zero-order valence-electron chi connectivity index (χ0n) is 10.8. The van der Waals surface area contributed by atoms with Crippen LogP contribution in [0.15, 0.2) is 42.2 Å². The highest BCUT2D eigenvalue weighted by Gasteiger charge is 2.08. The van der Waals surface area contributed by atoms with E-state index in [2.05, 4.69) is 63.7 Å². The summed E-state index contributed by atoms with van der Waals surface area (Å²) in [5.74, 6) is 0.454. The topological polar surface area (TPSA) is 40.5 Å². The predicted octanol–water partition coefficient (Wildman–Crippen LogP) is 6.32. The number of rotatable bonds is 4. The summed E-state index contributed by atoms with van der Waals surface area (Å²) in [4.78, 5) is 0. The van der Waals surface area contributed by atoms with Gasteiger partial charge >= 0.3 is 0 Å². The van der Waals surface area contributed by atoms with E-state index >= 15 is 0 Å². The molecule has 21 heavy (non-hydrogen) atoms. The maximum absolute atomic E-state index is 9.69. The van der Waals surface area contributed by atoms with Gasteiger partial charge in [0, 0.05) is 0 Å². The maximum Gasteiger partial charge on any atom is 0.143 e. The van der Waals surface area contributed by atoms with Crippen LogP contribution >= 0.6 is 63.7 Å². The van der Waals surface area contributed by atoms with E-state index < -0.39 is 0 Å². The first-order chi connectivity index (χ1) is 9.88. The van der Waals surface area contributed by atoms with E-state index in [1.165, 1.54) is 0 Å². The van der Waals surface area contributed by atoms with Gasteiger partial charge in [-0.2, -0.15) is 0 Å². The van der Waals surface area contributed by atoms with Crippen molar-refractivity contribution in [2.24, 2.45) is 0 Å². The Hall–Kier alpha value is -0.0400. The normalized spacial score (nSPS) is 10.9. The smallest absolute Gasteiger partial charge is 0.143 e. The highest BCUT2D eigenvalue weighted by Crippen LogP contribution is 2.35. The van der Waals surface area contributed by atoms with E-state index in [0.29, 0.717) is 17.9 Å². The molecule has 2 aromatic rings. The number of hydrogen-bond acceptors (Lipinski definition) is 2. The summed E-state index contributed by atoms with van der Waals surface area (Å²) in [6, 6.07) is 7.73. The standard InChI is InChI=1S/C15H12Br4O2/c16-10-4-8(5-11(17)14(10)20)2-1-3-9-6-12(18)15(21)13(19)7-9/h4-7,20-21H,1-3H2. The van der Waals surface area contributed by atoms with Crippen molar-refractivity contribution >= 4 is 63.7 Å². The zero-order valence-corrected chi connectivity index (χ0v) is 17.2. The van der Waals surface area contributed by atoms with Gasteiger partial charge < -0.3 is 10.2 Å². The highest BCUT2D eigenvalue weighted by atomic mass is 79.9. The summed E-state index contributed by atoms with van der Waals surface area (Å²) in [5.41, 5.74) is 2.31. The molecule has 0 aliphatic heterocycles. The van der Waals surface area contributed by atoms with E-state index in [-0.39, 0.29) is 11.5 Å². The van der Waals surface area contributed by atoms with Gasteiger partial charge in [0.1, 0.15) is 11.5 Å². The zero-order chi connectivity index (χ0) is 15.6. The maximum atomic E-state index is 9.69. The number of hydrogen-bond donors (Lipinski definition) is 2. The lowest BCUT2D eigenvalue weighted by Crippen LogP contribution is -1.92. The van der Waals surface area contributed by atoms with Crippen molar-refractivity contribution in [3.8, 4) is 11.5 Å². The number of benzene rings is 2. The van der Waals surface area contributed by atoms with Gasteiger partial charge in [-0.1, -0.05) is 0 Å². The number of halogens is 4. The van der Waals surface area contributed by atoms with Crippen LogP contribution in [0.2, 0.25) is 0 Å². The molecule has 0 bridgehead atoms. The molecule has 2 aromatic carbocycles. The molecule has 0 radical (unpaired) electrons. The van der Waals surface area contributed by atoms with Crippen LogP contribution in [-0.4, -0.2) is 10.2 Å². The van der Waals surface area contributed by atoms with E-state index in [1.54, 1.807) is 0 Å². The summed E-state index contributed by atoms with van der Waals surface area (Å²) in [6.07, 6.45) is 2.80. The second-order valence-corrected chi connectivity index (χ2v) is 8.09. The molecule has 0 amide bonds. The number of aromatic hydroxyl groups is 2. The molecule has 0 saturated heterocycles. The summed E-state index contributed by atoms with van der Waals surface area (Å²) in [7, 11) is 0. The SMILES string of the molecule is Oc1c(Br)cc(CCCc2cc(Br)c(O)c(Br)c2)cc1Br. The van der Waals surface area contributed by atoms with Gasteiger partial charge in [-0.05, 0) is 118 Å². The van der Waals surface area contributed by atoms with E-state index in [4.69, 9.17) is 0 Å². The third-order valence-corrected chi connectivity index (χ3v) is 5.50. The first-order valence-corrected chi connectivity index (χ1v) is 9.39. The predicted molar refractivity (Wildman–Crippen MR) is 99.0 cm³/mol. The molecule has 6 heteroatoms. The number of phenols is 2. The molecular weight excluding hydrogens is 532 g/mol. The minimum Gasteiger partial charge on any atom is -0.506 e. The summed E-state index contributed by atoms with van der Waals surface area (Å²) >= 11 is 13.4. The van der Waals surface area contributed by atoms with Crippen LogP contribution in [0.4, 0.5) is 0 Å². The molecule has 2 N–H and O–H groups in total. The molecule has 0 fully saturated rings. The van der Waals surface area contributed by atoms with Gasteiger partial charge in [-0.25, -0.2) is 0 Å². The van der Waals surface area contributed by atoms with Crippen LogP contribution in [0.5, 0.6) is 11.5 Å². The molecule has 0 heterocycles. The summed E-state index contributed by atoms with van der Waals surface area (Å²) in [5, 5.41) is 19.4. The molecule has 0 aliphatic carbocycles. The Balaban J connectivity index is 2.02. The van der Waals surface area contributed by atoms with Crippen LogP contribution in [0.3, 0.4) is 0 Å². The molecular formula is C15H12Br4O2. The average molecular weight is 544 g/mol. The van der Waals surface area contributed by atoms with Gasteiger partial charge in [0.25, 0.3) is 0 Å². The highest BCUT2D eigenvalue weighted by molar-refractivity contribution is 9.11. The third-order valence-electron chi connectivity index (χ3n) is 3.08. The number of phenolic OH excluding ortho intramolecular Hbond substituents is 2. The summed E-state index contributed by atoms with van der Waals surface area (Å²) in [6.45, 7) is 0. The Morgan fingerprint density at radius 2 is 0.905 bits per heavy atom. The van der Waals surface area contributed by atoms with Crippen molar-refractivity contribution in [3.05, 3.63) is 53.3 Å². The Morgan fingerprint density at radius 1 is 0.619 bits per heavy atom. The van der Waals surface area contributed by atoms with E-state index in [9.17, 15) is 10.2 Å². The van der Waals surface area contributed by atoms with Crippen molar-refractivity contribution < 1.29 is 10.2 Å². The fourth-order valence-corrected chi connectivity index (χ4v) is 4.58. The minimum absolute atomic E-state index is 0.227. The number of aryl methyl sites for hydroxylation is 2. The van der Waals surface area contributed by atoms with Crippen LogP contribution < -0.4 is 0 Å². The lowest BCUT2D eigenvalue weighted by molar-refractivity contribution is 0.468. The third kappa shape index (κ3) is 4.47. The first kappa shape index (κ1) is 17.3. The molecule has 112 valence electrons. The second kappa shape index (κ2) is 7.49. The van der Waals surface area contributed by atoms with Gasteiger partial charge in [0.05, 0.1) is 17.9 Å². The Labute approximate surface area is 157 Å². The molecule has 2 rings (SSSR count). The summed E-state index contributed by atoms with van der Waals surface area (Å²) < 4.78 is 2.79. The van der Waals surface area contributed by atoms with Crippen molar-refractivity contribution in [1.29, 1.82) is 0 Å². The van der Waals surface area contributed by atoms with Crippen molar-refractivity contribution in [1.82, 2.24) is 0 Å². The van der Waals surface area contributed by atoms with Gasteiger partial charge in [0.2, 0.25) is 0 Å². The largest absolute Gasteiger partial charge is 0.506 e. The molecule has 0 atom stereocenters. The quantitative estimate of drug-likeness (QED) is 0.474. The molecule has 0 unspecified atom stereocenters.